The molecule has 2 amide bonds. The number of unbranched alkanes of at least 4 members (excludes halogenated alkanes) is 15. The second kappa shape index (κ2) is 25.2. The molecule has 0 spiro atoms. The molecule has 0 aromatic rings. The van der Waals surface area contributed by atoms with Crippen LogP contribution in [0.1, 0.15) is 142 Å². The van der Waals surface area contributed by atoms with Gasteiger partial charge in [0.1, 0.15) is 0 Å². The van der Waals surface area contributed by atoms with E-state index in [0.717, 1.165) is 86.8 Å². The molecule has 0 atom stereocenters. The van der Waals surface area contributed by atoms with Gasteiger partial charge in [-0.1, -0.05) is 104 Å². The summed E-state index contributed by atoms with van der Waals surface area (Å²) in [5.74, 6) is 0.693. The van der Waals surface area contributed by atoms with Crippen molar-refractivity contribution in [2.24, 2.45) is 0 Å². The highest BCUT2D eigenvalue weighted by Gasteiger charge is 2.18. The molecule has 6 heteroatoms. The molecule has 42 heavy (non-hydrogen) atoms. The van der Waals surface area contributed by atoms with E-state index >= 15 is 0 Å². The fourth-order valence-electron chi connectivity index (χ4n) is 5.31. The van der Waals surface area contributed by atoms with E-state index in [9.17, 15) is 9.59 Å². The molecule has 0 aromatic carbocycles. The Bertz CT molecular complexity index is 598. The summed E-state index contributed by atoms with van der Waals surface area (Å²) in [6, 6.07) is 0. The van der Waals surface area contributed by atoms with E-state index in [1.807, 2.05) is 0 Å². The lowest BCUT2D eigenvalue weighted by Gasteiger charge is -2.30. The Labute approximate surface area is 263 Å². The van der Waals surface area contributed by atoms with Crippen LogP contribution in [0.3, 0.4) is 0 Å². The summed E-state index contributed by atoms with van der Waals surface area (Å²) in [5.41, 5.74) is 0. The summed E-state index contributed by atoms with van der Waals surface area (Å²) >= 11 is 0. The number of nitrogens with zero attached hydrogens (tertiary/aromatic N) is 4. The lowest BCUT2D eigenvalue weighted by molar-refractivity contribution is -0.869. The van der Waals surface area contributed by atoms with Crippen LogP contribution >= 0.6 is 0 Å². The molecule has 0 rings (SSSR count). The molecule has 0 heterocycles. The lowest BCUT2D eigenvalue weighted by Crippen LogP contribution is -2.44. The highest BCUT2D eigenvalue weighted by atomic mass is 16.2. The van der Waals surface area contributed by atoms with E-state index in [0.29, 0.717) is 24.7 Å². The summed E-state index contributed by atoms with van der Waals surface area (Å²) in [7, 11) is 13.2. The Morgan fingerprint density at radius 2 is 0.690 bits per heavy atom. The molecule has 0 aliphatic rings. The van der Waals surface area contributed by atoms with Crippen LogP contribution < -0.4 is 0 Å². The first kappa shape index (κ1) is 40.9. The molecule has 0 aliphatic heterocycles. The number of quaternary nitrogens is 2. The smallest absolute Gasteiger partial charge is 0.222 e. The molecule has 0 aromatic heterocycles. The quantitative estimate of drug-likeness (QED) is 0.0651. The summed E-state index contributed by atoms with van der Waals surface area (Å²) in [5, 5.41) is 0. The first-order valence-electron chi connectivity index (χ1n) is 18.1. The van der Waals surface area contributed by atoms with Gasteiger partial charge in [-0.05, 0) is 25.7 Å². The Hall–Kier alpha value is -1.14. The van der Waals surface area contributed by atoms with Gasteiger partial charge in [-0.2, -0.15) is 0 Å². The minimum absolute atomic E-state index is 0.347. The van der Waals surface area contributed by atoms with E-state index in [4.69, 9.17) is 0 Å². The van der Waals surface area contributed by atoms with Gasteiger partial charge in [0.05, 0.1) is 68.5 Å². The average molecular weight is 597 g/mol. The van der Waals surface area contributed by atoms with E-state index in [1.54, 1.807) is 0 Å². The lowest BCUT2D eigenvalue weighted by atomic mass is 10.1. The molecule has 0 saturated carbocycles. The van der Waals surface area contributed by atoms with Crippen molar-refractivity contribution < 1.29 is 18.6 Å². The van der Waals surface area contributed by atoms with Gasteiger partial charge in [0.25, 0.3) is 0 Å². The first-order valence-corrected chi connectivity index (χ1v) is 18.1. The van der Waals surface area contributed by atoms with Gasteiger partial charge in [0.2, 0.25) is 11.8 Å². The SMILES string of the molecule is CCCCCCCCCC(=O)N(CCCCCCN(CC[N+](C)(C)C)C(=O)CCCCCCCCC)CC[N+](C)(C)C. The Kier molecular flexibility index (Phi) is 24.5. The molecule has 0 unspecified atom stereocenters. The molecule has 0 radical (unpaired) electrons. The Balaban J connectivity index is 4.55. The van der Waals surface area contributed by atoms with Crippen molar-refractivity contribution >= 4 is 11.8 Å². The topological polar surface area (TPSA) is 40.6 Å². The third kappa shape index (κ3) is 26.5. The molecule has 0 aliphatic carbocycles. The largest absolute Gasteiger partial charge is 0.337 e. The Morgan fingerprint density at radius 3 is 1.00 bits per heavy atom. The van der Waals surface area contributed by atoms with Gasteiger partial charge in [-0.15, -0.1) is 0 Å². The number of hydrogen-bond donors (Lipinski definition) is 0. The van der Waals surface area contributed by atoms with Gasteiger partial charge in [0.15, 0.2) is 0 Å². The maximum atomic E-state index is 13.1. The second-order valence-corrected chi connectivity index (χ2v) is 14.9. The van der Waals surface area contributed by atoms with Crippen LogP contribution in [0.2, 0.25) is 0 Å². The van der Waals surface area contributed by atoms with Gasteiger partial charge in [-0.25, -0.2) is 0 Å². The van der Waals surface area contributed by atoms with E-state index < -0.39 is 0 Å². The van der Waals surface area contributed by atoms with Crippen molar-refractivity contribution in [1.82, 2.24) is 9.80 Å². The highest BCUT2D eigenvalue weighted by Crippen LogP contribution is 2.13. The number of likely N-dealkylation sites (N-methyl/N-ethyl adjacent to an activating group) is 2. The zero-order valence-corrected chi connectivity index (χ0v) is 30.0. The van der Waals surface area contributed by atoms with Crippen LogP contribution in [-0.2, 0) is 9.59 Å². The highest BCUT2D eigenvalue weighted by molar-refractivity contribution is 5.76. The summed E-state index contributed by atoms with van der Waals surface area (Å²) in [4.78, 5) is 30.4. The molecule has 250 valence electrons. The summed E-state index contributed by atoms with van der Waals surface area (Å²) in [6.07, 6.45) is 23.3. The molecule has 6 nitrogen and oxygen atoms in total. The van der Waals surface area contributed by atoms with Gasteiger partial charge in [-0.3, -0.25) is 9.59 Å². The number of amides is 2. The molecule has 0 bridgehead atoms. The maximum Gasteiger partial charge on any atom is 0.222 e. The van der Waals surface area contributed by atoms with Crippen LogP contribution in [0.5, 0.6) is 0 Å². The summed E-state index contributed by atoms with van der Waals surface area (Å²) < 4.78 is 1.77. The Morgan fingerprint density at radius 1 is 0.405 bits per heavy atom. The summed E-state index contributed by atoms with van der Waals surface area (Å²) in [6.45, 7) is 9.94. The van der Waals surface area contributed by atoms with Gasteiger partial charge in [0, 0.05) is 25.9 Å². The number of rotatable bonds is 29. The zero-order chi connectivity index (χ0) is 31.7. The zero-order valence-electron chi connectivity index (χ0n) is 30.0. The number of carbonyl (C=O) groups is 2. The van der Waals surface area contributed by atoms with Crippen molar-refractivity contribution in [1.29, 1.82) is 0 Å². The van der Waals surface area contributed by atoms with E-state index in [1.165, 1.54) is 77.0 Å². The van der Waals surface area contributed by atoms with Gasteiger partial charge < -0.3 is 18.8 Å². The maximum absolute atomic E-state index is 13.1. The van der Waals surface area contributed by atoms with Crippen molar-refractivity contribution in [2.45, 2.75) is 142 Å². The number of hydrogen-bond acceptors (Lipinski definition) is 2. The van der Waals surface area contributed by atoms with Crippen molar-refractivity contribution in [3.8, 4) is 0 Å². The van der Waals surface area contributed by atoms with E-state index in [2.05, 4.69) is 65.9 Å². The fraction of sp³-hybridized carbons (Fsp3) is 0.944. The minimum Gasteiger partial charge on any atom is -0.337 e. The van der Waals surface area contributed by atoms with Crippen LogP contribution in [0.15, 0.2) is 0 Å². The predicted octanol–water partition coefficient (Wildman–Crippen LogP) is 7.90. The van der Waals surface area contributed by atoms with Crippen molar-refractivity contribution in [2.75, 3.05) is 81.6 Å². The van der Waals surface area contributed by atoms with Gasteiger partial charge >= 0.3 is 0 Å². The molecular formula is C36H76N4O2+2. The molecule has 0 fully saturated rings. The molecule has 0 N–H and O–H groups in total. The third-order valence-corrected chi connectivity index (χ3v) is 8.38. The van der Waals surface area contributed by atoms with Crippen LogP contribution in [0.25, 0.3) is 0 Å². The van der Waals surface area contributed by atoms with E-state index in [-0.39, 0.29) is 0 Å². The predicted molar refractivity (Wildman–Crippen MR) is 183 cm³/mol. The monoisotopic (exact) mass is 597 g/mol. The number of carbonyl (C=O) groups excluding carboxylic acids is 2. The molecular weight excluding hydrogens is 520 g/mol. The standard InChI is InChI=1S/C36H76N4O2/c1-9-11-13-15-17-19-23-27-35(41)37(31-33-39(3,4)5)29-25-21-22-26-30-38(32-34-40(6,7)8)36(42)28-24-20-18-16-14-12-10-2/h9-34H2,1-8H3/q+2. The first-order chi connectivity index (χ1) is 19.9. The third-order valence-electron chi connectivity index (χ3n) is 8.38. The van der Waals surface area contributed by atoms with Crippen LogP contribution in [0, 0.1) is 0 Å². The van der Waals surface area contributed by atoms with Crippen LogP contribution in [0.4, 0.5) is 0 Å². The van der Waals surface area contributed by atoms with Crippen molar-refractivity contribution in [3.05, 3.63) is 0 Å². The second-order valence-electron chi connectivity index (χ2n) is 14.9. The average Bonchev–Trinajstić information content (AvgIpc) is 2.91. The fourth-order valence-corrected chi connectivity index (χ4v) is 5.31. The molecule has 0 saturated heterocycles. The van der Waals surface area contributed by atoms with Crippen molar-refractivity contribution in [3.63, 3.8) is 0 Å². The minimum atomic E-state index is 0.347. The normalized spacial score (nSPS) is 12.1. The van der Waals surface area contributed by atoms with Crippen LogP contribution in [-0.4, -0.2) is 112 Å².